The van der Waals surface area contributed by atoms with Gasteiger partial charge < -0.3 is 24.8 Å². The minimum Gasteiger partial charge on any atom is -1.00 e. The molecule has 1 aliphatic rings. The first-order valence-corrected chi connectivity index (χ1v) is 16.3. The van der Waals surface area contributed by atoms with Crippen molar-refractivity contribution >= 4 is 36.9 Å². The van der Waals surface area contributed by atoms with Gasteiger partial charge in [0.2, 0.25) is 0 Å². The van der Waals surface area contributed by atoms with E-state index in [0.717, 1.165) is 66.0 Å². The molecule has 1 aliphatic carbocycles. The van der Waals surface area contributed by atoms with Gasteiger partial charge >= 0.3 is 137 Å². The quantitative estimate of drug-likeness (QED) is 0.143. The van der Waals surface area contributed by atoms with E-state index < -0.39 is 23.5 Å². The van der Waals surface area contributed by atoms with Crippen LogP contribution < -0.4 is 24.8 Å². The summed E-state index contributed by atoms with van der Waals surface area (Å²) < 4.78 is 76.7. The summed E-state index contributed by atoms with van der Waals surface area (Å²) in [7, 11) is 0. The average Bonchev–Trinajstić information content (AvgIpc) is 3.73. The van der Waals surface area contributed by atoms with Gasteiger partial charge in [-0.3, -0.25) is 6.08 Å². The van der Waals surface area contributed by atoms with Crippen molar-refractivity contribution in [3.63, 3.8) is 0 Å². The van der Waals surface area contributed by atoms with Gasteiger partial charge in [0.1, 0.15) is 0 Å². The van der Waals surface area contributed by atoms with Crippen LogP contribution in [0.15, 0.2) is 122 Å². The third kappa shape index (κ3) is 11.1. The molecule has 0 aliphatic heterocycles. The first-order valence-electron chi connectivity index (χ1n) is 15.1. The van der Waals surface area contributed by atoms with E-state index in [9.17, 15) is 26.3 Å². The van der Waals surface area contributed by atoms with E-state index >= 15 is 0 Å². The average molecular weight is 803 g/mol. The number of hydrogen-bond donors (Lipinski definition) is 0. The van der Waals surface area contributed by atoms with E-state index in [0.29, 0.717) is 8.62 Å². The molecule has 260 valence electrons. The summed E-state index contributed by atoms with van der Waals surface area (Å²) >= 11 is 0.729. The van der Waals surface area contributed by atoms with Crippen LogP contribution >= 0.6 is 0 Å². The largest absolute Gasteiger partial charge is 1.00 e. The van der Waals surface area contributed by atoms with E-state index in [4.69, 9.17) is 0 Å². The van der Waals surface area contributed by atoms with Crippen LogP contribution in [0.25, 0.3) is 33.7 Å². The minimum atomic E-state index is -4.49. The SMILES string of the molecule is C=Cc1ccc2[cH-]c3ccc(C=C)cc3c2c1.CC(C)(C)C1=CC[C-]=C1.FC(F)(F)c1cccc([C](=[Zr+2])c2cccc(C(F)(F)F)c2)c1.[Cl-].[Cl-]. The van der Waals surface area contributed by atoms with Gasteiger partial charge in [0.15, 0.2) is 0 Å². The van der Waals surface area contributed by atoms with Gasteiger partial charge in [0.05, 0.1) is 0 Å². The summed E-state index contributed by atoms with van der Waals surface area (Å²) in [6.45, 7) is 14.3. The summed E-state index contributed by atoms with van der Waals surface area (Å²) in [6.07, 6.45) is 3.30. The van der Waals surface area contributed by atoms with Crippen molar-refractivity contribution in [2.24, 2.45) is 5.41 Å². The van der Waals surface area contributed by atoms with Crippen LogP contribution in [-0.4, -0.2) is 3.21 Å². The molecule has 0 bridgehead atoms. The molecule has 0 atom stereocenters. The Labute approximate surface area is 316 Å². The Balaban J connectivity index is 0.000000275. The van der Waals surface area contributed by atoms with Crippen molar-refractivity contribution < 1.29 is 75.4 Å². The molecule has 0 N–H and O–H groups in total. The molecule has 0 aromatic heterocycles. The summed E-state index contributed by atoms with van der Waals surface area (Å²) in [5, 5.41) is 5.15. The molecule has 5 aromatic rings. The zero-order valence-electron chi connectivity index (χ0n) is 27.6. The van der Waals surface area contributed by atoms with Crippen LogP contribution in [0.3, 0.4) is 0 Å². The van der Waals surface area contributed by atoms with Gasteiger partial charge in [0.25, 0.3) is 0 Å². The van der Waals surface area contributed by atoms with Crippen molar-refractivity contribution in [2.45, 2.75) is 39.5 Å². The van der Waals surface area contributed by atoms with Crippen molar-refractivity contribution in [2.75, 3.05) is 0 Å². The van der Waals surface area contributed by atoms with Gasteiger partial charge in [-0.05, 0) is 11.1 Å². The van der Waals surface area contributed by atoms with Crippen LogP contribution in [0.1, 0.15) is 60.6 Å². The second-order valence-electron chi connectivity index (χ2n) is 12.2. The molecule has 0 amide bonds. The number of halogens is 8. The maximum Gasteiger partial charge on any atom is -1.00 e. The van der Waals surface area contributed by atoms with Gasteiger partial charge in [-0.2, -0.15) is 11.6 Å². The monoisotopic (exact) mass is 800 g/mol. The molecule has 9 heteroatoms. The second-order valence-corrected chi connectivity index (χ2v) is 13.5. The fourth-order valence-corrected chi connectivity index (χ4v) is 5.84. The van der Waals surface area contributed by atoms with E-state index in [-0.39, 0.29) is 35.9 Å². The van der Waals surface area contributed by atoms with Gasteiger partial charge in [0, 0.05) is 0 Å². The number of alkyl halides is 6. The second kappa shape index (κ2) is 17.7. The standard InChI is InChI=1S/C17H13.C15H8F6.C9H13.2ClH.Zr/c1-3-12-5-7-14-11-15-8-6-13(4-2)10-17(15)16(14)9-12;16-14(17,18)12-5-1-3-10(8-12)7-11-4-2-6-13(9-11)15(19,20)21;1-9(2,3)8-6-4-5-7-8;;;/h3-11H,1-2H2;1-6,8-9H;6-7H,4H2,1-3H3;2*1H;/q-1;;-1;;;+2/p-2. The molecule has 0 spiro atoms. The number of rotatable bonds is 4. The summed E-state index contributed by atoms with van der Waals surface area (Å²) in [6, 6.07) is 24.3. The smallest absolute Gasteiger partial charge is 1.00 e. The maximum absolute atomic E-state index is 12.7. The Morgan fingerprint density at radius 3 is 1.46 bits per heavy atom. The molecule has 0 fully saturated rings. The normalized spacial score (nSPS) is 12.4. The Kier molecular flexibility index (Phi) is 15.2. The van der Waals surface area contributed by atoms with Crippen molar-refractivity contribution in [3.05, 3.63) is 161 Å². The zero-order chi connectivity index (χ0) is 35.3. The van der Waals surface area contributed by atoms with Gasteiger partial charge in [-0.1, -0.05) is 75.8 Å². The molecular weight excluding hydrogens is 769 g/mol. The van der Waals surface area contributed by atoms with Crippen LogP contribution in [0, 0.1) is 11.5 Å². The van der Waals surface area contributed by atoms with Crippen molar-refractivity contribution in [3.8, 4) is 0 Å². The number of hydrogen-bond acceptors (Lipinski definition) is 0. The number of benzene rings is 4. The molecule has 6 rings (SSSR count). The van der Waals surface area contributed by atoms with Crippen LogP contribution in [-0.2, 0) is 36.6 Å². The Bertz CT molecular complexity index is 1900. The Morgan fingerprint density at radius 1 is 0.700 bits per heavy atom. The molecule has 0 saturated heterocycles. The van der Waals surface area contributed by atoms with E-state index in [1.165, 1.54) is 51.4 Å². The summed E-state index contributed by atoms with van der Waals surface area (Å²) in [5.74, 6) is 0. The van der Waals surface area contributed by atoms with Crippen LogP contribution in [0.5, 0.6) is 0 Å². The van der Waals surface area contributed by atoms with Crippen molar-refractivity contribution in [1.29, 1.82) is 0 Å². The topological polar surface area (TPSA) is 0 Å². The first kappa shape index (κ1) is 42.8. The first-order chi connectivity index (χ1) is 22.5. The molecular formula is C41H34Cl2F6Zr-2. The third-order valence-electron chi connectivity index (χ3n) is 7.75. The predicted octanol–water partition coefficient (Wildman–Crippen LogP) is 6.57. The van der Waals surface area contributed by atoms with E-state index in [1.807, 2.05) is 12.2 Å². The Hall–Kier alpha value is -3.38. The Morgan fingerprint density at radius 2 is 1.14 bits per heavy atom. The molecule has 0 saturated carbocycles. The maximum atomic E-state index is 12.7. The van der Waals surface area contributed by atoms with Gasteiger partial charge in [-0.25, -0.2) is 6.08 Å². The molecule has 0 heterocycles. The number of allylic oxidation sites excluding steroid dienone is 4. The fraction of sp³-hybridized carbons (Fsp3) is 0.171. The molecule has 0 nitrogen and oxygen atoms in total. The molecule has 50 heavy (non-hydrogen) atoms. The minimum absolute atomic E-state index is 0. The summed E-state index contributed by atoms with van der Waals surface area (Å²) in [5.41, 5.74) is 2.96. The molecule has 0 unspecified atom stereocenters. The van der Waals surface area contributed by atoms with Crippen LogP contribution in [0.2, 0.25) is 0 Å². The van der Waals surface area contributed by atoms with E-state index in [1.54, 1.807) is 0 Å². The number of fused-ring (bicyclic) bond motifs is 3. The predicted molar refractivity (Wildman–Crippen MR) is 183 cm³/mol. The third-order valence-corrected chi connectivity index (χ3v) is 9.17. The summed E-state index contributed by atoms with van der Waals surface area (Å²) in [4.78, 5) is 0. The van der Waals surface area contributed by atoms with Gasteiger partial charge in [-0.15, -0.1) is 46.2 Å². The molecule has 0 radical (unpaired) electrons. The van der Waals surface area contributed by atoms with Crippen LogP contribution in [0.4, 0.5) is 26.3 Å². The molecule has 5 aromatic carbocycles. The zero-order valence-corrected chi connectivity index (χ0v) is 31.6. The van der Waals surface area contributed by atoms with Crippen molar-refractivity contribution in [1.82, 2.24) is 0 Å². The van der Waals surface area contributed by atoms with E-state index in [2.05, 4.69) is 94.6 Å². The fourth-order valence-electron chi connectivity index (χ4n) is 5.08.